The lowest BCUT2D eigenvalue weighted by molar-refractivity contribution is 0.673. The van der Waals surface area contributed by atoms with Crippen molar-refractivity contribution in [3.05, 3.63) is 169 Å². The van der Waals surface area contributed by atoms with Gasteiger partial charge in [-0.15, -0.1) is 11.3 Å². The quantitative estimate of drug-likeness (QED) is 0.173. The van der Waals surface area contributed by atoms with Crippen molar-refractivity contribution in [2.75, 3.05) is 0 Å². The van der Waals surface area contributed by atoms with Gasteiger partial charge >= 0.3 is 0 Å². The molecule has 2 heteroatoms. The van der Waals surface area contributed by atoms with E-state index in [4.69, 9.17) is 4.42 Å². The van der Waals surface area contributed by atoms with Crippen LogP contribution in [0.15, 0.2) is 162 Å². The summed E-state index contributed by atoms with van der Waals surface area (Å²) in [6.07, 6.45) is 6.75. The van der Waals surface area contributed by atoms with Crippen LogP contribution in [-0.2, 0) is 0 Å². The molecule has 0 aliphatic heterocycles. The van der Waals surface area contributed by atoms with Gasteiger partial charge in [-0.05, 0) is 110 Å². The van der Waals surface area contributed by atoms with Gasteiger partial charge in [-0.2, -0.15) is 0 Å². The van der Waals surface area contributed by atoms with Crippen LogP contribution in [0.1, 0.15) is 24.0 Å². The van der Waals surface area contributed by atoms with Crippen molar-refractivity contribution in [2.45, 2.75) is 12.8 Å². The maximum absolute atomic E-state index is 6.69. The van der Waals surface area contributed by atoms with Crippen molar-refractivity contribution in [3.63, 3.8) is 0 Å². The van der Waals surface area contributed by atoms with E-state index < -0.39 is 0 Å². The van der Waals surface area contributed by atoms with E-state index in [2.05, 4.69) is 158 Å². The third kappa shape index (κ3) is 4.12. The first kappa shape index (κ1) is 27.9. The highest BCUT2D eigenvalue weighted by molar-refractivity contribution is 7.25. The summed E-state index contributed by atoms with van der Waals surface area (Å²) in [6.45, 7) is 0. The average molecular weight is 655 g/mol. The van der Waals surface area contributed by atoms with E-state index in [9.17, 15) is 0 Å². The summed E-state index contributed by atoms with van der Waals surface area (Å²) in [5.41, 5.74) is 9.86. The maximum atomic E-state index is 6.69. The molecule has 0 radical (unpaired) electrons. The molecule has 0 unspecified atom stereocenters. The van der Waals surface area contributed by atoms with E-state index in [-0.39, 0.29) is 0 Å². The summed E-state index contributed by atoms with van der Waals surface area (Å²) < 4.78 is 9.30. The highest BCUT2D eigenvalue weighted by atomic mass is 32.1. The molecule has 8 aromatic carbocycles. The van der Waals surface area contributed by atoms with Crippen molar-refractivity contribution < 1.29 is 4.42 Å². The average Bonchev–Trinajstić information content (AvgIpc) is 3.74. The van der Waals surface area contributed by atoms with Gasteiger partial charge in [0.05, 0.1) is 0 Å². The molecule has 1 aliphatic rings. The van der Waals surface area contributed by atoms with Crippen LogP contribution < -0.4 is 0 Å². The van der Waals surface area contributed by atoms with E-state index in [0.29, 0.717) is 0 Å². The molecule has 2 aromatic heterocycles. The van der Waals surface area contributed by atoms with E-state index in [1.54, 1.807) is 0 Å². The molecule has 0 spiro atoms. The summed E-state index contributed by atoms with van der Waals surface area (Å²) in [4.78, 5) is 0. The standard InChI is InChI=1S/C48H30OS/c1-2-10-29(11-3-1)30-18-20-31(21-19-30)46-35-13-4-6-15-37(35)47(38-16-7-5-14-36(38)46)33-23-25-43-41(27-33)39-24-22-32-26-42-34-12-8-9-17-44(34)50-45(42)28-40(32)48(39)49-43/h1-18,20,22-28H,19,21H2. The molecule has 2 heterocycles. The Morgan fingerprint density at radius 1 is 0.400 bits per heavy atom. The van der Waals surface area contributed by atoms with Gasteiger partial charge in [0.2, 0.25) is 0 Å². The Hall–Kier alpha value is -5.96. The predicted molar refractivity (Wildman–Crippen MR) is 216 cm³/mol. The Kier molecular flexibility index (Phi) is 6.02. The third-order valence-electron chi connectivity index (χ3n) is 10.8. The number of fused-ring (bicyclic) bond motifs is 10. The zero-order valence-electron chi connectivity index (χ0n) is 27.2. The molecule has 0 N–H and O–H groups in total. The minimum absolute atomic E-state index is 0.922. The van der Waals surface area contributed by atoms with Crippen LogP contribution in [0.5, 0.6) is 0 Å². The lowest BCUT2D eigenvalue weighted by Gasteiger charge is -2.21. The fraction of sp³-hybridized carbons (Fsp3) is 0.0417. The van der Waals surface area contributed by atoms with Crippen LogP contribution in [0.4, 0.5) is 0 Å². The van der Waals surface area contributed by atoms with Gasteiger partial charge in [0.1, 0.15) is 11.2 Å². The highest BCUT2D eigenvalue weighted by Crippen LogP contribution is 2.46. The Bertz CT molecular complexity index is 3020. The topological polar surface area (TPSA) is 13.1 Å². The fourth-order valence-electron chi connectivity index (χ4n) is 8.46. The fourth-order valence-corrected chi connectivity index (χ4v) is 9.58. The summed E-state index contributed by atoms with van der Waals surface area (Å²) in [5, 5.41) is 12.5. The number of allylic oxidation sites excluding steroid dienone is 4. The number of rotatable bonds is 3. The number of benzene rings is 8. The lowest BCUT2D eigenvalue weighted by Crippen LogP contribution is -1.97. The minimum Gasteiger partial charge on any atom is -0.455 e. The van der Waals surface area contributed by atoms with Gasteiger partial charge in [0.15, 0.2) is 0 Å². The second-order valence-electron chi connectivity index (χ2n) is 13.5. The molecule has 0 bridgehead atoms. The largest absolute Gasteiger partial charge is 0.455 e. The SMILES string of the molecule is C1=C(c2ccccc2)CCC(c2c3ccccc3c(-c3ccc4oc5c6cc7sc8ccccc8c7cc6ccc5c4c3)c3ccccc23)=C1. The second kappa shape index (κ2) is 10.8. The normalized spacial score (nSPS) is 13.7. The second-order valence-corrected chi connectivity index (χ2v) is 14.6. The minimum atomic E-state index is 0.922. The summed E-state index contributed by atoms with van der Waals surface area (Å²) in [7, 11) is 0. The molecule has 1 aliphatic carbocycles. The number of hydrogen-bond donors (Lipinski definition) is 0. The van der Waals surface area contributed by atoms with E-state index in [1.807, 2.05) is 11.3 Å². The molecule has 0 saturated heterocycles. The molecular formula is C48H30OS. The smallest absolute Gasteiger partial charge is 0.143 e. The Balaban J connectivity index is 1.12. The lowest BCUT2D eigenvalue weighted by atomic mass is 9.82. The van der Waals surface area contributed by atoms with Crippen LogP contribution in [0.3, 0.4) is 0 Å². The van der Waals surface area contributed by atoms with Gasteiger partial charge in [0.25, 0.3) is 0 Å². The summed E-state index contributed by atoms with van der Waals surface area (Å²) >= 11 is 1.86. The Morgan fingerprint density at radius 2 is 1.06 bits per heavy atom. The van der Waals surface area contributed by atoms with Crippen LogP contribution >= 0.6 is 11.3 Å². The maximum Gasteiger partial charge on any atom is 0.143 e. The first-order valence-corrected chi connectivity index (χ1v) is 18.2. The summed E-state index contributed by atoms with van der Waals surface area (Å²) in [6, 6.07) is 53.4. The Labute approximate surface area is 293 Å². The number of hydrogen-bond acceptors (Lipinski definition) is 2. The van der Waals surface area contributed by atoms with Crippen molar-refractivity contribution in [3.8, 4) is 11.1 Å². The first-order chi connectivity index (χ1) is 24.8. The van der Waals surface area contributed by atoms with Crippen LogP contribution in [0, 0.1) is 0 Å². The van der Waals surface area contributed by atoms with Crippen LogP contribution in [0.25, 0.3) is 96.7 Å². The van der Waals surface area contributed by atoms with Gasteiger partial charge in [-0.3, -0.25) is 0 Å². The van der Waals surface area contributed by atoms with Crippen molar-refractivity contribution >= 4 is 96.9 Å². The number of furan rings is 1. The molecule has 10 aromatic rings. The van der Waals surface area contributed by atoms with Crippen molar-refractivity contribution in [1.29, 1.82) is 0 Å². The van der Waals surface area contributed by atoms with Gasteiger partial charge in [-0.25, -0.2) is 0 Å². The molecule has 0 saturated carbocycles. The summed E-state index contributed by atoms with van der Waals surface area (Å²) in [5.74, 6) is 0. The Morgan fingerprint density at radius 3 is 1.80 bits per heavy atom. The van der Waals surface area contributed by atoms with Gasteiger partial charge < -0.3 is 4.42 Å². The monoisotopic (exact) mass is 654 g/mol. The molecule has 11 rings (SSSR count). The van der Waals surface area contributed by atoms with Gasteiger partial charge in [0, 0.05) is 36.3 Å². The number of thiophene rings is 1. The van der Waals surface area contributed by atoms with Crippen LogP contribution in [-0.4, -0.2) is 0 Å². The van der Waals surface area contributed by atoms with E-state index in [0.717, 1.165) is 34.8 Å². The first-order valence-electron chi connectivity index (χ1n) is 17.4. The third-order valence-corrected chi connectivity index (χ3v) is 11.9. The molecular weight excluding hydrogens is 625 g/mol. The molecule has 50 heavy (non-hydrogen) atoms. The molecule has 0 fully saturated rings. The van der Waals surface area contributed by atoms with Crippen molar-refractivity contribution in [2.24, 2.45) is 0 Å². The molecule has 1 nitrogen and oxygen atoms in total. The zero-order chi connectivity index (χ0) is 32.8. The van der Waals surface area contributed by atoms with E-state index in [1.165, 1.54) is 85.9 Å². The highest BCUT2D eigenvalue weighted by Gasteiger charge is 2.21. The zero-order valence-corrected chi connectivity index (χ0v) is 28.1. The predicted octanol–water partition coefficient (Wildman–Crippen LogP) is 14.3. The van der Waals surface area contributed by atoms with Crippen molar-refractivity contribution in [1.82, 2.24) is 0 Å². The van der Waals surface area contributed by atoms with Crippen LogP contribution in [0.2, 0.25) is 0 Å². The molecule has 0 atom stereocenters. The van der Waals surface area contributed by atoms with E-state index >= 15 is 0 Å². The molecule has 234 valence electrons. The molecule has 0 amide bonds. The van der Waals surface area contributed by atoms with Gasteiger partial charge in [-0.1, -0.05) is 121 Å².